The quantitative estimate of drug-likeness (QED) is 0.133. The Morgan fingerprint density at radius 2 is 0.596 bits per heavy atom. The zero-order valence-corrected chi connectivity index (χ0v) is 30.4. The summed E-state index contributed by atoms with van der Waals surface area (Å²) in [5.41, 5.74) is 16.6. The largest absolute Gasteiger partial charge is 0.311 e. The van der Waals surface area contributed by atoms with Gasteiger partial charge >= 0.3 is 0 Å². The Kier molecular flexibility index (Phi) is 10.3. The third kappa shape index (κ3) is 8.15. The normalized spacial score (nSPS) is 11.3. The lowest BCUT2D eigenvalue weighted by Gasteiger charge is -2.26. The van der Waals surface area contributed by atoms with Gasteiger partial charge in [0.1, 0.15) is 0 Å². The topological polar surface area (TPSA) is 6.48 Å². The summed E-state index contributed by atoms with van der Waals surface area (Å²) in [6.07, 6.45) is 8.70. The Labute approximate surface area is 309 Å². The molecular weight excluding hydrogens is 629 g/mol. The first kappa shape index (κ1) is 34.1. The van der Waals surface area contributed by atoms with Crippen LogP contribution in [-0.2, 0) is 0 Å². The zero-order chi connectivity index (χ0) is 35.9. The zero-order valence-electron chi connectivity index (χ0n) is 30.4. The second-order valence-corrected chi connectivity index (χ2v) is 13.5. The van der Waals surface area contributed by atoms with Gasteiger partial charge in [0.05, 0.1) is 0 Å². The summed E-state index contributed by atoms with van der Waals surface area (Å²) in [6.45, 7) is 8.58. The maximum atomic E-state index is 2.31. The summed E-state index contributed by atoms with van der Waals surface area (Å²) in [4.78, 5) is 4.62. The third-order valence-electron chi connectivity index (χ3n) is 9.52. The highest BCUT2D eigenvalue weighted by molar-refractivity contribution is 5.80. The van der Waals surface area contributed by atoms with E-state index in [9.17, 15) is 0 Å². The van der Waals surface area contributed by atoms with E-state index in [1.807, 2.05) is 0 Å². The second-order valence-electron chi connectivity index (χ2n) is 13.5. The van der Waals surface area contributed by atoms with Gasteiger partial charge in [0, 0.05) is 34.1 Å². The van der Waals surface area contributed by atoms with Crippen LogP contribution in [0.5, 0.6) is 0 Å². The van der Waals surface area contributed by atoms with Crippen LogP contribution in [0, 0.1) is 27.7 Å². The van der Waals surface area contributed by atoms with E-state index in [-0.39, 0.29) is 0 Å². The van der Waals surface area contributed by atoms with Gasteiger partial charge in [0.25, 0.3) is 0 Å². The van der Waals surface area contributed by atoms with Crippen molar-refractivity contribution in [2.75, 3.05) is 9.80 Å². The summed E-state index contributed by atoms with van der Waals surface area (Å²) >= 11 is 0. The van der Waals surface area contributed by atoms with Gasteiger partial charge in [-0.1, -0.05) is 132 Å². The minimum atomic E-state index is 1.13. The number of para-hydroxylation sites is 1. The van der Waals surface area contributed by atoms with E-state index < -0.39 is 0 Å². The van der Waals surface area contributed by atoms with Gasteiger partial charge < -0.3 is 9.80 Å². The molecule has 0 heterocycles. The molecule has 52 heavy (non-hydrogen) atoms. The van der Waals surface area contributed by atoms with Crippen LogP contribution in [0.2, 0.25) is 0 Å². The van der Waals surface area contributed by atoms with Crippen molar-refractivity contribution in [3.8, 4) is 0 Å². The van der Waals surface area contributed by atoms with E-state index in [0.717, 1.165) is 45.3 Å². The molecular formula is C50H44N2. The van der Waals surface area contributed by atoms with Gasteiger partial charge in [-0.2, -0.15) is 0 Å². The molecule has 0 fully saturated rings. The van der Waals surface area contributed by atoms with Crippen LogP contribution in [0.15, 0.2) is 170 Å². The van der Waals surface area contributed by atoms with Crippen molar-refractivity contribution in [1.82, 2.24) is 0 Å². The van der Waals surface area contributed by atoms with Crippen molar-refractivity contribution in [2.45, 2.75) is 27.7 Å². The molecule has 0 spiro atoms. The van der Waals surface area contributed by atoms with Gasteiger partial charge in [-0.15, -0.1) is 0 Å². The molecule has 0 atom stereocenters. The molecule has 0 aliphatic rings. The number of anilines is 6. The first-order valence-electron chi connectivity index (χ1n) is 17.9. The molecule has 7 aromatic rings. The lowest BCUT2D eigenvalue weighted by molar-refractivity contribution is 1.25. The van der Waals surface area contributed by atoms with Crippen LogP contribution in [0.25, 0.3) is 24.3 Å². The first-order chi connectivity index (χ1) is 25.4. The van der Waals surface area contributed by atoms with Crippen LogP contribution < -0.4 is 9.80 Å². The predicted octanol–water partition coefficient (Wildman–Crippen LogP) is 14.2. The van der Waals surface area contributed by atoms with E-state index >= 15 is 0 Å². The second kappa shape index (κ2) is 15.7. The average Bonchev–Trinajstić information content (AvgIpc) is 3.18. The van der Waals surface area contributed by atoms with E-state index in [4.69, 9.17) is 0 Å². The van der Waals surface area contributed by atoms with Crippen molar-refractivity contribution in [3.63, 3.8) is 0 Å². The summed E-state index contributed by atoms with van der Waals surface area (Å²) < 4.78 is 0. The highest BCUT2D eigenvalue weighted by atomic mass is 15.1. The summed E-state index contributed by atoms with van der Waals surface area (Å²) in [7, 11) is 0. The van der Waals surface area contributed by atoms with E-state index in [0.29, 0.717) is 0 Å². The monoisotopic (exact) mass is 672 g/mol. The molecule has 0 bridgehead atoms. The lowest BCUT2D eigenvalue weighted by Crippen LogP contribution is -2.10. The molecule has 254 valence electrons. The Hall–Kier alpha value is -6.38. The molecule has 0 aromatic heterocycles. The van der Waals surface area contributed by atoms with Gasteiger partial charge in [-0.25, -0.2) is 0 Å². The Morgan fingerprint density at radius 1 is 0.288 bits per heavy atom. The Balaban J connectivity index is 1.02. The third-order valence-corrected chi connectivity index (χ3v) is 9.52. The van der Waals surface area contributed by atoms with Crippen LogP contribution in [0.4, 0.5) is 34.1 Å². The number of hydrogen-bond donors (Lipinski definition) is 0. The molecule has 2 heteroatoms. The number of aryl methyl sites for hydroxylation is 4. The van der Waals surface area contributed by atoms with E-state index in [1.165, 1.54) is 33.4 Å². The molecule has 0 unspecified atom stereocenters. The fourth-order valence-corrected chi connectivity index (χ4v) is 6.30. The van der Waals surface area contributed by atoms with Crippen LogP contribution in [0.3, 0.4) is 0 Å². The van der Waals surface area contributed by atoms with Gasteiger partial charge in [-0.3, -0.25) is 0 Å². The maximum Gasteiger partial charge on any atom is 0.0464 e. The van der Waals surface area contributed by atoms with Crippen LogP contribution >= 0.6 is 0 Å². The number of nitrogens with zero attached hydrogens (tertiary/aromatic N) is 2. The average molecular weight is 673 g/mol. The molecule has 0 radical (unpaired) electrons. The van der Waals surface area contributed by atoms with E-state index in [1.54, 1.807) is 0 Å². The summed E-state index contributed by atoms with van der Waals surface area (Å²) in [6, 6.07) is 60.8. The SMILES string of the molecule is Cc1ccc(N(c2ccc(C)cc2)c2ccc(C=Cc3ccc(C=Cc4ccc(N(c5ccccc5)c5ccc(C)c(C)c5)cc4)cc3)cc2)cc1. The molecule has 7 rings (SSSR count). The molecule has 0 aliphatic carbocycles. The summed E-state index contributed by atoms with van der Waals surface area (Å²) in [5, 5.41) is 0. The minimum Gasteiger partial charge on any atom is -0.311 e. The predicted molar refractivity (Wildman–Crippen MR) is 225 cm³/mol. The highest BCUT2D eigenvalue weighted by Crippen LogP contribution is 2.36. The highest BCUT2D eigenvalue weighted by Gasteiger charge is 2.14. The first-order valence-corrected chi connectivity index (χ1v) is 17.9. The fraction of sp³-hybridized carbons (Fsp3) is 0.0800. The smallest absolute Gasteiger partial charge is 0.0464 e. The molecule has 2 nitrogen and oxygen atoms in total. The van der Waals surface area contributed by atoms with Gasteiger partial charge in [0.2, 0.25) is 0 Å². The van der Waals surface area contributed by atoms with Gasteiger partial charge in [0.15, 0.2) is 0 Å². The fourth-order valence-electron chi connectivity index (χ4n) is 6.30. The molecule has 0 N–H and O–H groups in total. The van der Waals surface area contributed by atoms with E-state index in [2.05, 4.69) is 232 Å². The maximum absolute atomic E-state index is 2.31. The van der Waals surface area contributed by atoms with Gasteiger partial charge in [-0.05, 0) is 134 Å². The van der Waals surface area contributed by atoms with Crippen molar-refractivity contribution < 1.29 is 0 Å². The molecule has 0 aliphatic heterocycles. The lowest BCUT2D eigenvalue weighted by atomic mass is 10.1. The Morgan fingerprint density at radius 3 is 0.981 bits per heavy atom. The Bertz CT molecular complexity index is 2230. The molecule has 0 saturated heterocycles. The van der Waals surface area contributed by atoms with Crippen molar-refractivity contribution in [1.29, 1.82) is 0 Å². The number of benzene rings is 7. The number of rotatable bonds is 10. The summed E-state index contributed by atoms with van der Waals surface area (Å²) in [5.74, 6) is 0. The van der Waals surface area contributed by atoms with Crippen molar-refractivity contribution >= 4 is 58.4 Å². The van der Waals surface area contributed by atoms with Crippen molar-refractivity contribution in [2.24, 2.45) is 0 Å². The molecule has 7 aromatic carbocycles. The molecule has 0 saturated carbocycles. The standard InChI is InChI=1S/C50H44N2/c1-37-10-27-46(28-11-37)51(47-29-12-38(2)13-30-47)48-32-23-43(24-33-48)21-19-41-15-17-42(18-16-41)20-22-44-25-34-49(35-26-44)52(45-8-6-5-7-9-45)50-31-14-39(3)40(4)36-50/h5-36H,1-4H3. The number of hydrogen-bond acceptors (Lipinski definition) is 2. The van der Waals surface area contributed by atoms with Crippen LogP contribution in [0.1, 0.15) is 44.5 Å². The minimum absolute atomic E-state index is 1.13. The van der Waals surface area contributed by atoms with Crippen LogP contribution in [-0.4, -0.2) is 0 Å². The molecule has 0 amide bonds. The van der Waals surface area contributed by atoms with Crippen molar-refractivity contribution in [3.05, 3.63) is 214 Å².